The van der Waals surface area contributed by atoms with E-state index in [2.05, 4.69) is 20.4 Å². The lowest BCUT2D eigenvalue weighted by Crippen LogP contribution is -2.36. The Labute approximate surface area is 178 Å². The predicted octanol–water partition coefficient (Wildman–Crippen LogP) is 4.20. The number of ether oxygens (including phenoxy) is 1. The number of hydrogen-bond donors (Lipinski definition) is 2. The van der Waals surface area contributed by atoms with Crippen LogP contribution in [0.4, 0.5) is 10.3 Å². The molecule has 1 fully saturated rings. The SMILES string of the molecule is COc1nc(N[C@H]2CC[C@@](C)(O)CC2)nn2cc(F)c(-c3ccc4ncccc4c3)c12. The minimum Gasteiger partial charge on any atom is -0.479 e. The van der Waals surface area contributed by atoms with Gasteiger partial charge >= 0.3 is 0 Å². The summed E-state index contributed by atoms with van der Waals surface area (Å²) in [6, 6.07) is 9.56. The molecule has 1 saturated carbocycles. The highest BCUT2D eigenvalue weighted by molar-refractivity contribution is 5.90. The summed E-state index contributed by atoms with van der Waals surface area (Å²) in [5.74, 6) is 0.271. The molecule has 31 heavy (non-hydrogen) atoms. The minimum absolute atomic E-state index is 0.148. The van der Waals surface area contributed by atoms with Crippen molar-refractivity contribution in [3.05, 3.63) is 48.5 Å². The molecule has 0 radical (unpaired) electrons. The Bertz CT molecular complexity index is 1260. The molecule has 0 bridgehead atoms. The van der Waals surface area contributed by atoms with Crippen LogP contribution in [0.3, 0.4) is 0 Å². The van der Waals surface area contributed by atoms with E-state index < -0.39 is 11.4 Å². The molecule has 8 heteroatoms. The first kappa shape index (κ1) is 19.7. The number of benzene rings is 1. The summed E-state index contributed by atoms with van der Waals surface area (Å²) in [5, 5.41) is 18.9. The first-order chi connectivity index (χ1) is 14.9. The predicted molar refractivity (Wildman–Crippen MR) is 117 cm³/mol. The van der Waals surface area contributed by atoms with Gasteiger partial charge in [-0.3, -0.25) is 4.98 Å². The average molecular weight is 421 g/mol. The van der Waals surface area contributed by atoms with Gasteiger partial charge in [-0.2, -0.15) is 4.98 Å². The molecule has 0 amide bonds. The van der Waals surface area contributed by atoms with Gasteiger partial charge in [-0.1, -0.05) is 12.1 Å². The van der Waals surface area contributed by atoms with Crippen LogP contribution in [0.2, 0.25) is 0 Å². The second kappa shape index (κ2) is 7.46. The van der Waals surface area contributed by atoms with Crippen molar-refractivity contribution >= 4 is 22.4 Å². The maximum Gasteiger partial charge on any atom is 0.244 e. The summed E-state index contributed by atoms with van der Waals surface area (Å²) in [6.07, 6.45) is 6.13. The minimum atomic E-state index is -0.617. The van der Waals surface area contributed by atoms with Crippen LogP contribution in [-0.4, -0.2) is 43.4 Å². The third-order valence-electron chi connectivity index (χ3n) is 6.03. The molecular formula is C23H24FN5O2. The van der Waals surface area contributed by atoms with Gasteiger partial charge in [-0.15, -0.1) is 5.10 Å². The Morgan fingerprint density at radius 1 is 1.26 bits per heavy atom. The van der Waals surface area contributed by atoms with E-state index in [0.717, 1.165) is 23.7 Å². The molecule has 3 aromatic heterocycles. The number of hydrogen-bond acceptors (Lipinski definition) is 6. The van der Waals surface area contributed by atoms with Crippen molar-refractivity contribution in [3.8, 4) is 17.0 Å². The van der Waals surface area contributed by atoms with Crippen LogP contribution >= 0.6 is 0 Å². The van der Waals surface area contributed by atoms with Crippen LogP contribution in [0.1, 0.15) is 32.6 Å². The Morgan fingerprint density at radius 2 is 2.06 bits per heavy atom. The molecular weight excluding hydrogens is 397 g/mol. The largest absolute Gasteiger partial charge is 0.479 e. The van der Waals surface area contributed by atoms with Crippen molar-refractivity contribution in [3.63, 3.8) is 0 Å². The third kappa shape index (κ3) is 3.67. The molecule has 1 aliphatic rings. The van der Waals surface area contributed by atoms with Gasteiger partial charge in [-0.05, 0) is 56.4 Å². The average Bonchev–Trinajstić information content (AvgIpc) is 3.10. The summed E-state index contributed by atoms with van der Waals surface area (Å²) in [5.41, 5.74) is 1.80. The van der Waals surface area contributed by atoms with E-state index in [1.807, 2.05) is 37.3 Å². The van der Waals surface area contributed by atoms with Crippen molar-refractivity contribution in [2.75, 3.05) is 12.4 Å². The molecule has 160 valence electrons. The molecule has 0 saturated heterocycles. The summed E-state index contributed by atoms with van der Waals surface area (Å²) < 4.78 is 22.1. The number of fused-ring (bicyclic) bond motifs is 2. The van der Waals surface area contributed by atoms with Crippen LogP contribution < -0.4 is 10.1 Å². The quantitative estimate of drug-likeness (QED) is 0.514. The van der Waals surface area contributed by atoms with Gasteiger partial charge in [0.1, 0.15) is 5.52 Å². The fraction of sp³-hybridized carbons (Fsp3) is 0.348. The molecule has 0 unspecified atom stereocenters. The van der Waals surface area contributed by atoms with Crippen LogP contribution in [0.15, 0.2) is 42.7 Å². The van der Waals surface area contributed by atoms with E-state index in [4.69, 9.17) is 4.74 Å². The number of halogens is 1. The highest BCUT2D eigenvalue weighted by Gasteiger charge is 2.29. The van der Waals surface area contributed by atoms with Crippen molar-refractivity contribution in [1.82, 2.24) is 19.6 Å². The molecule has 5 rings (SSSR count). The number of pyridine rings is 1. The van der Waals surface area contributed by atoms with Crippen LogP contribution in [0, 0.1) is 5.82 Å². The van der Waals surface area contributed by atoms with Gasteiger partial charge in [-0.25, -0.2) is 8.91 Å². The maximum atomic E-state index is 15.1. The monoisotopic (exact) mass is 421 g/mol. The Kier molecular flexibility index (Phi) is 4.74. The van der Waals surface area contributed by atoms with Crippen molar-refractivity contribution in [1.29, 1.82) is 0 Å². The molecule has 2 N–H and O–H groups in total. The number of methoxy groups -OCH3 is 1. The fourth-order valence-electron chi connectivity index (χ4n) is 4.30. The molecule has 1 aromatic carbocycles. The number of aromatic nitrogens is 4. The van der Waals surface area contributed by atoms with Gasteiger partial charge in [0, 0.05) is 17.6 Å². The molecule has 0 aliphatic heterocycles. The van der Waals surface area contributed by atoms with E-state index in [0.29, 0.717) is 41.3 Å². The number of aliphatic hydroxyl groups is 1. The maximum absolute atomic E-state index is 15.1. The Morgan fingerprint density at radius 3 is 2.84 bits per heavy atom. The van der Waals surface area contributed by atoms with Crippen LogP contribution in [0.25, 0.3) is 27.5 Å². The summed E-state index contributed by atoms with van der Waals surface area (Å²) in [4.78, 5) is 8.83. The second-order valence-corrected chi connectivity index (χ2v) is 8.42. The normalized spacial score (nSPS) is 21.5. The number of anilines is 1. The van der Waals surface area contributed by atoms with Crippen LogP contribution in [-0.2, 0) is 0 Å². The number of nitrogens with one attached hydrogen (secondary N) is 1. The first-order valence-electron chi connectivity index (χ1n) is 10.4. The highest BCUT2D eigenvalue weighted by atomic mass is 19.1. The Hall–Kier alpha value is -3.26. The lowest BCUT2D eigenvalue weighted by molar-refractivity contribution is 0.0195. The summed E-state index contributed by atoms with van der Waals surface area (Å²) in [6.45, 7) is 1.86. The smallest absolute Gasteiger partial charge is 0.244 e. The molecule has 1 aliphatic carbocycles. The summed E-state index contributed by atoms with van der Waals surface area (Å²) >= 11 is 0. The molecule has 7 nitrogen and oxygen atoms in total. The van der Waals surface area contributed by atoms with Gasteiger partial charge in [0.25, 0.3) is 0 Å². The number of nitrogens with zero attached hydrogens (tertiary/aromatic N) is 4. The van der Waals surface area contributed by atoms with Gasteiger partial charge in [0.15, 0.2) is 5.82 Å². The van der Waals surface area contributed by atoms with Crippen molar-refractivity contribution in [2.45, 2.75) is 44.2 Å². The van der Waals surface area contributed by atoms with E-state index in [1.54, 1.807) is 6.20 Å². The summed E-state index contributed by atoms with van der Waals surface area (Å²) in [7, 11) is 1.52. The second-order valence-electron chi connectivity index (χ2n) is 8.42. The topological polar surface area (TPSA) is 84.6 Å². The number of rotatable bonds is 4. The lowest BCUT2D eigenvalue weighted by Gasteiger charge is -2.33. The van der Waals surface area contributed by atoms with E-state index >= 15 is 4.39 Å². The van der Waals surface area contributed by atoms with E-state index in [-0.39, 0.29) is 6.04 Å². The zero-order valence-corrected chi connectivity index (χ0v) is 17.5. The highest BCUT2D eigenvalue weighted by Crippen LogP contribution is 2.36. The molecule has 0 atom stereocenters. The van der Waals surface area contributed by atoms with Gasteiger partial charge in [0.05, 0.1) is 30.0 Å². The van der Waals surface area contributed by atoms with E-state index in [9.17, 15) is 5.11 Å². The zero-order valence-electron chi connectivity index (χ0n) is 17.5. The third-order valence-corrected chi connectivity index (χ3v) is 6.03. The molecule has 3 heterocycles. The van der Waals surface area contributed by atoms with Gasteiger partial charge in [0.2, 0.25) is 11.8 Å². The fourth-order valence-corrected chi connectivity index (χ4v) is 4.30. The van der Waals surface area contributed by atoms with Gasteiger partial charge < -0.3 is 15.2 Å². The molecule has 0 spiro atoms. The standard InChI is InChI=1S/C23H24FN5O2/c1-23(30)9-7-16(8-10-23)26-22-27-21(31-2)20-19(17(24)13-29(20)28-22)15-5-6-18-14(12-15)4-3-11-25-18/h3-6,11-13,16,30H,7-10H2,1-2H3,(H,26,28)/t16-,23+. The zero-order chi connectivity index (χ0) is 21.6. The van der Waals surface area contributed by atoms with Crippen molar-refractivity contribution in [2.24, 2.45) is 0 Å². The van der Waals surface area contributed by atoms with E-state index in [1.165, 1.54) is 17.8 Å². The first-order valence-corrected chi connectivity index (χ1v) is 10.4. The Balaban J connectivity index is 1.54. The van der Waals surface area contributed by atoms with Crippen LogP contribution in [0.5, 0.6) is 5.88 Å². The molecule has 4 aromatic rings. The van der Waals surface area contributed by atoms with Crippen molar-refractivity contribution < 1.29 is 14.2 Å². The lowest BCUT2D eigenvalue weighted by atomic mass is 9.84.